The first-order valence-electron chi connectivity index (χ1n) is 7.91. The van der Waals surface area contributed by atoms with Crippen molar-refractivity contribution in [3.8, 4) is 0 Å². The molecule has 2 aliphatic rings. The molecule has 1 aromatic heterocycles. The zero-order chi connectivity index (χ0) is 14.7. The molecule has 1 unspecified atom stereocenters. The molecule has 0 aromatic carbocycles. The SMILES string of the molecule is Cc1cc(NC(=O)CCN(CC2CCCN2)C2CC2)no1. The lowest BCUT2D eigenvalue weighted by Crippen LogP contribution is -2.40. The van der Waals surface area contributed by atoms with Gasteiger partial charge in [-0.15, -0.1) is 0 Å². The lowest BCUT2D eigenvalue weighted by Gasteiger charge is -2.25. The maximum Gasteiger partial charge on any atom is 0.226 e. The molecule has 0 spiro atoms. The Hall–Kier alpha value is -1.40. The third-order valence-electron chi connectivity index (χ3n) is 4.20. The van der Waals surface area contributed by atoms with Crippen LogP contribution in [0.4, 0.5) is 5.82 Å². The van der Waals surface area contributed by atoms with E-state index in [-0.39, 0.29) is 5.91 Å². The van der Waals surface area contributed by atoms with Crippen molar-refractivity contribution < 1.29 is 9.32 Å². The Kier molecular flexibility index (Phi) is 4.55. The topological polar surface area (TPSA) is 70.4 Å². The molecule has 1 aliphatic heterocycles. The van der Waals surface area contributed by atoms with Crippen molar-refractivity contribution in [2.75, 3.05) is 25.0 Å². The zero-order valence-corrected chi connectivity index (χ0v) is 12.6. The first-order valence-corrected chi connectivity index (χ1v) is 7.91. The van der Waals surface area contributed by atoms with Gasteiger partial charge in [-0.3, -0.25) is 9.69 Å². The molecule has 1 saturated heterocycles. The van der Waals surface area contributed by atoms with Crippen LogP contribution in [0.15, 0.2) is 10.6 Å². The molecule has 21 heavy (non-hydrogen) atoms. The first kappa shape index (κ1) is 14.5. The van der Waals surface area contributed by atoms with Crippen molar-refractivity contribution in [3.05, 3.63) is 11.8 Å². The van der Waals surface area contributed by atoms with E-state index in [4.69, 9.17) is 4.52 Å². The fourth-order valence-corrected chi connectivity index (χ4v) is 2.93. The second-order valence-corrected chi connectivity index (χ2v) is 6.14. The summed E-state index contributed by atoms with van der Waals surface area (Å²) >= 11 is 0. The zero-order valence-electron chi connectivity index (χ0n) is 12.6. The van der Waals surface area contributed by atoms with Gasteiger partial charge in [0.05, 0.1) is 0 Å². The maximum absolute atomic E-state index is 12.0. The standard InChI is InChI=1S/C15H24N4O2/c1-11-9-14(18-21-11)17-15(20)6-8-19(13-4-5-13)10-12-3-2-7-16-12/h9,12-13,16H,2-8,10H2,1H3,(H,17,18,20). The Balaban J connectivity index is 1.43. The Labute approximate surface area is 125 Å². The third-order valence-corrected chi connectivity index (χ3v) is 4.20. The molecule has 1 saturated carbocycles. The van der Waals surface area contributed by atoms with E-state index in [2.05, 4.69) is 20.7 Å². The largest absolute Gasteiger partial charge is 0.360 e. The summed E-state index contributed by atoms with van der Waals surface area (Å²) in [5, 5.41) is 10.1. The van der Waals surface area contributed by atoms with Gasteiger partial charge in [-0.05, 0) is 39.2 Å². The van der Waals surface area contributed by atoms with E-state index >= 15 is 0 Å². The molecule has 2 fully saturated rings. The predicted octanol–water partition coefficient (Wildman–Crippen LogP) is 1.53. The summed E-state index contributed by atoms with van der Waals surface area (Å²) < 4.78 is 4.94. The number of aromatic nitrogens is 1. The highest BCUT2D eigenvalue weighted by Crippen LogP contribution is 2.27. The third kappa shape index (κ3) is 4.28. The van der Waals surface area contributed by atoms with Crippen LogP contribution in [0.5, 0.6) is 0 Å². The van der Waals surface area contributed by atoms with E-state index < -0.39 is 0 Å². The number of carbonyl (C=O) groups is 1. The second kappa shape index (κ2) is 6.58. The summed E-state index contributed by atoms with van der Waals surface area (Å²) in [5.74, 6) is 1.22. The molecule has 1 amide bonds. The smallest absolute Gasteiger partial charge is 0.226 e. The van der Waals surface area contributed by atoms with Gasteiger partial charge >= 0.3 is 0 Å². The molecular formula is C15H24N4O2. The van der Waals surface area contributed by atoms with Gasteiger partial charge in [-0.1, -0.05) is 5.16 Å². The summed E-state index contributed by atoms with van der Waals surface area (Å²) in [6.07, 6.45) is 5.59. The highest BCUT2D eigenvalue weighted by Gasteiger charge is 2.31. The van der Waals surface area contributed by atoms with Crippen molar-refractivity contribution in [2.24, 2.45) is 0 Å². The molecule has 0 bridgehead atoms. The van der Waals surface area contributed by atoms with E-state index in [1.165, 1.54) is 25.7 Å². The average molecular weight is 292 g/mol. The average Bonchev–Trinajstić information content (AvgIpc) is 3.03. The number of anilines is 1. The lowest BCUT2D eigenvalue weighted by molar-refractivity contribution is -0.116. The summed E-state index contributed by atoms with van der Waals surface area (Å²) in [5.41, 5.74) is 0. The molecule has 1 aromatic rings. The molecule has 6 heteroatoms. The van der Waals surface area contributed by atoms with Crippen molar-refractivity contribution in [1.82, 2.24) is 15.4 Å². The fourth-order valence-electron chi connectivity index (χ4n) is 2.93. The van der Waals surface area contributed by atoms with Gasteiger partial charge in [-0.2, -0.15) is 0 Å². The molecule has 2 heterocycles. The Morgan fingerprint density at radius 3 is 3.00 bits per heavy atom. The van der Waals surface area contributed by atoms with Crippen LogP contribution < -0.4 is 10.6 Å². The lowest BCUT2D eigenvalue weighted by atomic mass is 10.2. The minimum Gasteiger partial charge on any atom is -0.360 e. The monoisotopic (exact) mass is 292 g/mol. The van der Waals surface area contributed by atoms with Crippen LogP contribution in [-0.4, -0.2) is 47.7 Å². The van der Waals surface area contributed by atoms with Gasteiger partial charge in [0.2, 0.25) is 5.91 Å². The number of carbonyl (C=O) groups excluding carboxylic acids is 1. The van der Waals surface area contributed by atoms with Crippen LogP contribution in [0.1, 0.15) is 37.9 Å². The number of hydrogen-bond acceptors (Lipinski definition) is 5. The molecule has 1 atom stereocenters. The summed E-state index contributed by atoms with van der Waals surface area (Å²) in [4.78, 5) is 14.4. The maximum atomic E-state index is 12.0. The van der Waals surface area contributed by atoms with Crippen molar-refractivity contribution in [1.29, 1.82) is 0 Å². The Bertz CT molecular complexity index is 478. The van der Waals surface area contributed by atoms with Crippen LogP contribution in [0.25, 0.3) is 0 Å². The molecule has 2 N–H and O–H groups in total. The van der Waals surface area contributed by atoms with E-state index in [9.17, 15) is 4.79 Å². The molecule has 3 rings (SSSR count). The van der Waals surface area contributed by atoms with Gasteiger partial charge in [0.15, 0.2) is 5.82 Å². The second-order valence-electron chi connectivity index (χ2n) is 6.14. The van der Waals surface area contributed by atoms with Gasteiger partial charge in [0.25, 0.3) is 0 Å². The number of amides is 1. The van der Waals surface area contributed by atoms with Gasteiger partial charge in [0.1, 0.15) is 5.76 Å². The first-order chi connectivity index (χ1) is 10.2. The normalized spacial score (nSPS) is 21.9. The number of hydrogen-bond donors (Lipinski definition) is 2. The van der Waals surface area contributed by atoms with Gasteiger partial charge < -0.3 is 15.2 Å². The van der Waals surface area contributed by atoms with Crippen LogP contribution in [0.2, 0.25) is 0 Å². The number of nitrogens with zero attached hydrogens (tertiary/aromatic N) is 2. The molecular weight excluding hydrogens is 268 g/mol. The van der Waals surface area contributed by atoms with Gasteiger partial charge in [-0.25, -0.2) is 0 Å². The van der Waals surface area contributed by atoms with Crippen LogP contribution in [0, 0.1) is 6.92 Å². The number of nitrogens with one attached hydrogen (secondary N) is 2. The molecule has 0 radical (unpaired) electrons. The minimum absolute atomic E-state index is 0.00771. The van der Waals surface area contributed by atoms with Gasteiger partial charge in [0, 0.05) is 37.7 Å². The highest BCUT2D eigenvalue weighted by molar-refractivity contribution is 5.89. The fraction of sp³-hybridized carbons (Fsp3) is 0.733. The minimum atomic E-state index is 0.00771. The van der Waals surface area contributed by atoms with Crippen molar-refractivity contribution in [3.63, 3.8) is 0 Å². The quantitative estimate of drug-likeness (QED) is 0.797. The molecule has 1 aliphatic carbocycles. The van der Waals surface area contributed by atoms with Crippen LogP contribution in [-0.2, 0) is 4.79 Å². The summed E-state index contributed by atoms with van der Waals surface area (Å²) in [6.45, 7) is 4.84. The predicted molar refractivity (Wildman–Crippen MR) is 80.1 cm³/mol. The summed E-state index contributed by atoms with van der Waals surface area (Å²) in [7, 11) is 0. The summed E-state index contributed by atoms with van der Waals surface area (Å²) in [6, 6.07) is 3.03. The van der Waals surface area contributed by atoms with E-state index in [0.29, 0.717) is 30.1 Å². The Morgan fingerprint density at radius 1 is 1.52 bits per heavy atom. The highest BCUT2D eigenvalue weighted by atomic mass is 16.5. The van der Waals surface area contributed by atoms with Crippen molar-refractivity contribution >= 4 is 11.7 Å². The van der Waals surface area contributed by atoms with E-state index in [1.54, 1.807) is 6.07 Å². The van der Waals surface area contributed by atoms with Crippen LogP contribution >= 0.6 is 0 Å². The number of aryl methyl sites for hydroxylation is 1. The molecule has 116 valence electrons. The van der Waals surface area contributed by atoms with E-state index in [0.717, 1.165) is 19.6 Å². The number of rotatable bonds is 7. The Morgan fingerprint density at radius 2 is 2.38 bits per heavy atom. The van der Waals surface area contributed by atoms with Crippen LogP contribution in [0.3, 0.4) is 0 Å². The van der Waals surface area contributed by atoms with Crippen molar-refractivity contribution in [2.45, 2.75) is 51.1 Å². The van der Waals surface area contributed by atoms with E-state index in [1.807, 2.05) is 6.92 Å². The molecule has 6 nitrogen and oxygen atoms in total.